The van der Waals surface area contributed by atoms with E-state index in [2.05, 4.69) is 36.1 Å². The fraction of sp³-hybridized carbons (Fsp3) is 0.526. The van der Waals surface area contributed by atoms with Gasteiger partial charge < -0.3 is 4.90 Å². The van der Waals surface area contributed by atoms with E-state index in [9.17, 15) is 4.79 Å². The lowest BCUT2D eigenvalue weighted by Gasteiger charge is -2.37. The Balaban J connectivity index is 1.50. The van der Waals surface area contributed by atoms with Gasteiger partial charge in [0.25, 0.3) is 0 Å². The summed E-state index contributed by atoms with van der Waals surface area (Å²) < 4.78 is 0. The number of carbonyl (C=O) groups is 1. The molecule has 1 aromatic rings. The molecule has 2 fully saturated rings. The molecule has 1 heterocycles. The Morgan fingerprint density at radius 1 is 1.05 bits per heavy atom. The second-order valence-corrected chi connectivity index (χ2v) is 6.54. The van der Waals surface area contributed by atoms with Gasteiger partial charge in [-0.25, -0.2) is 0 Å². The Morgan fingerprint density at radius 2 is 1.68 bits per heavy atom. The van der Waals surface area contributed by atoms with E-state index in [1.165, 1.54) is 31.2 Å². The number of hydrogen-bond acceptors (Lipinski definition) is 2. The normalized spacial score (nSPS) is 20.9. The first kappa shape index (κ1) is 15.3. The van der Waals surface area contributed by atoms with Crippen molar-refractivity contribution in [3.8, 4) is 0 Å². The van der Waals surface area contributed by atoms with Crippen molar-refractivity contribution < 1.29 is 4.79 Å². The van der Waals surface area contributed by atoms with Crippen LogP contribution in [0, 0.1) is 6.92 Å². The standard InChI is InChI=1S/C19H26N2O/c1-16-6-8-17(9-7-16)10-11-19(22)21-14-12-20(13-15-21)18-4-2-3-5-18/h6-11,18H,2-5,12-15H2,1H3/b11-10+. The van der Waals surface area contributed by atoms with Gasteiger partial charge in [-0.2, -0.15) is 0 Å². The maximum absolute atomic E-state index is 12.3. The van der Waals surface area contributed by atoms with Crippen LogP contribution >= 0.6 is 0 Å². The second-order valence-electron chi connectivity index (χ2n) is 6.54. The molecule has 1 aliphatic heterocycles. The van der Waals surface area contributed by atoms with Gasteiger partial charge in [0.1, 0.15) is 0 Å². The molecule has 1 amide bonds. The Labute approximate surface area is 133 Å². The van der Waals surface area contributed by atoms with E-state index in [-0.39, 0.29) is 5.91 Å². The first-order valence-corrected chi connectivity index (χ1v) is 8.50. The van der Waals surface area contributed by atoms with Crippen molar-refractivity contribution in [1.29, 1.82) is 0 Å². The van der Waals surface area contributed by atoms with Crippen LogP contribution < -0.4 is 0 Å². The second kappa shape index (κ2) is 7.10. The molecule has 0 unspecified atom stereocenters. The minimum absolute atomic E-state index is 0.145. The largest absolute Gasteiger partial charge is 0.337 e. The number of amides is 1. The van der Waals surface area contributed by atoms with E-state index in [1.807, 2.05) is 11.0 Å². The fourth-order valence-electron chi connectivity index (χ4n) is 3.53. The van der Waals surface area contributed by atoms with Crippen LogP contribution in [0.1, 0.15) is 36.8 Å². The molecule has 0 radical (unpaired) electrons. The molecule has 1 aromatic carbocycles. The van der Waals surface area contributed by atoms with Crippen LogP contribution in [-0.2, 0) is 4.79 Å². The zero-order valence-electron chi connectivity index (χ0n) is 13.5. The number of aryl methyl sites for hydroxylation is 1. The molecule has 1 saturated heterocycles. The lowest BCUT2D eigenvalue weighted by Crippen LogP contribution is -2.51. The smallest absolute Gasteiger partial charge is 0.246 e. The van der Waals surface area contributed by atoms with Gasteiger partial charge in [0.15, 0.2) is 0 Å². The van der Waals surface area contributed by atoms with Crippen molar-refractivity contribution >= 4 is 12.0 Å². The predicted molar refractivity (Wildman–Crippen MR) is 90.6 cm³/mol. The number of benzene rings is 1. The molecule has 0 spiro atoms. The summed E-state index contributed by atoms with van der Waals surface area (Å²) in [5, 5.41) is 0. The maximum Gasteiger partial charge on any atom is 0.246 e. The summed E-state index contributed by atoms with van der Waals surface area (Å²) in [5.41, 5.74) is 2.33. The van der Waals surface area contributed by atoms with Gasteiger partial charge in [-0.3, -0.25) is 9.69 Å². The Kier molecular flexibility index (Phi) is 4.94. The van der Waals surface area contributed by atoms with E-state index in [0.29, 0.717) is 0 Å². The molecular weight excluding hydrogens is 272 g/mol. The Morgan fingerprint density at radius 3 is 2.32 bits per heavy atom. The summed E-state index contributed by atoms with van der Waals surface area (Å²) in [6, 6.07) is 9.03. The number of rotatable bonds is 3. The summed E-state index contributed by atoms with van der Waals surface area (Å²) >= 11 is 0. The van der Waals surface area contributed by atoms with Gasteiger partial charge in [0, 0.05) is 38.3 Å². The lowest BCUT2D eigenvalue weighted by atomic mass is 10.1. The predicted octanol–water partition coefficient (Wildman–Crippen LogP) is 3.10. The third-order valence-electron chi connectivity index (χ3n) is 4.96. The topological polar surface area (TPSA) is 23.6 Å². The van der Waals surface area contributed by atoms with Crippen molar-refractivity contribution in [1.82, 2.24) is 9.80 Å². The number of carbonyl (C=O) groups excluding carboxylic acids is 1. The summed E-state index contributed by atoms with van der Waals surface area (Å²) in [5.74, 6) is 0.145. The summed E-state index contributed by atoms with van der Waals surface area (Å²) in [6.07, 6.45) is 9.09. The fourth-order valence-corrected chi connectivity index (χ4v) is 3.53. The molecule has 3 rings (SSSR count). The van der Waals surface area contributed by atoms with Gasteiger partial charge in [-0.1, -0.05) is 42.7 Å². The van der Waals surface area contributed by atoms with Crippen molar-refractivity contribution in [3.63, 3.8) is 0 Å². The van der Waals surface area contributed by atoms with Crippen molar-refractivity contribution in [2.75, 3.05) is 26.2 Å². The summed E-state index contributed by atoms with van der Waals surface area (Å²) in [6.45, 7) is 5.88. The Hall–Kier alpha value is -1.61. The van der Waals surface area contributed by atoms with E-state index in [1.54, 1.807) is 6.08 Å². The molecule has 3 heteroatoms. The molecule has 0 aromatic heterocycles. The van der Waals surface area contributed by atoms with Crippen LogP contribution in [-0.4, -0.2) is 47.9 Å². The molecule has 0 bridgehead atoms. The highest BCUT2D eigenvalue weighted by atomic mass is 16.2. The van der Waals surface area contributed by atoms with E-state index >= 15 is 0 Å². The molecule has 0 atom stereocenters. The van der Waals surface area contributed by atoms with E-state index < -0.39 is 0 Å². The highest BCUT2D eigenvalue weighted by Gasteiger charge is 2.27. The van der Waals surface area contributed by atoms with Crippen molar-refractivity contribution in [3.05, 3.63) is 41.5 Å². The number of nitrogens with zero attached hydrogens (tertiary/aromatic N) is 2. The van der Waals surface area contributed by atoms with Gasteiger partial charge in [0.05, 0.1) is 0 Å². The van der Waals surface area contributed by atoms with Gasteiger partial charge in [-0.05, 0) is 31.4 Å². The average molecular weight is 298 g/mol. The molecule has 118 valence electrons. The molecule has 22 heavy (non-hydrogen) atoms. The highest BCUT2D eigenvalue weighted by Crippen LogP contribution is 2.24. The first-order chi connectivity index (χ1) is 10.7. The van der Waals surface area contributed by atoms with Crippen LogP contribution in [0.25, 0.3) is 6.08 Å². The van der Waals surface area contributed by atoms with Gasteiger partial charge in [-0.15, -0.1) is 0 Å². The third-order valence-corrected chi connectivity index (χ3v) is 4.96. The van der Waals surface area contributed by atoms with Crippen LogP contribution in [0.3, 0.4) is 0 Å². The quantitative estimate of drug-likeness (QED) is 0.801. The highest BCUT2D eigenvalue weighted by molar-refractivity contribution is 5.91. The zero-order chi connectivity index (χ0) is 15.4. The molecular formula is C19H26N2O. The molecule has 1 aliphatic carbocycles. The lowest BCUT2D eigenvalue weighted by molar-refractivity contribution is -0.127. The van der Waals surface area contributed by atoms with E-state index in [4.69, 9.17) is 0 Å². The van der Waals surface area contributed by atoms with Crippen LogP contribution in [0.4, 0.5) is 0 Å². The summed E-state index contributed by atoms with van der Waals surface area (Å²) in [7, 11) is 0. The average Bonchev–Trinajstić information content (AvgIpc) is 3.09. The van der Waals surface area contributed by atoms with Gasteiger partial charge >= 0.3 is 0 Å². The SMILES string of the molecule is Cc1ccc(/C=C/C(=O)N2CCN(C3CCCC3)CC2)cc1. The number of hydrogen-bond donors (Lipinski definition) is 0. The minimum Gasteiger partial charge on any atom is -0.337 e. The zero-order valence-corrected chi connectivity index (χ0v) is 13.5. The molecule has 0 N–H and O–H groups in total. The van der Waals surface area contributed by atoms with Crippen LogP contribution in [0.15, 0.2) is 30.3 Å². The van der Waals surface area contributed by atoms with Crippen molar-refractivity contribution in [2.45, 2.75) is 38.6 Å². The maximum atomic E-state index is 12.3. The minimum atomic E-state index is 0.145. The van der Waals surface area contributed by atoms with Gasteiger partial charge in [0.2, 0.25) is 5.91 Å². The molecule has 1 saturated carbocycles. The summed E-state index contributed by atoms with van der Waals surface area (Å²) in [4.78, 5) is 16.9. The monoisotopic (exact) mass is 298 g/mol. The molecule has 2 aliphatic rings. The Bertz CT molecular complexity index is 521. The van der Waals surface area contributed by atoms with Crippen molar-refractivity contribution in [2.24, 2.45) is 0 Å². The molecule has 3 nitrogen and oxygen atoms in total. The van der Waals surface area contributed by atoms with E-state index in [0.717, 1.165) is 37.8 Å². The van der Waals surface area contributed by atoms with Crippen LogP contribution in [0.2, 0.25) is 0 Å². The first-order valence-electron chi connectivity index (χ1n) is 8.50. The van der Waals surface area contributed by atoms with Crippen LogP contribution in [0.5, 0.6) is 0 Å². The number of piperazine rings is 1. The third kappa shape index (κ3) is 3.77.